The van der Waals surface area contributed by atoms with Crippen LogP contribution in [0.5, 0.6) is 0 Å². The van der Waals surface area contributed by atoms with Crippen LogP contribution in [0.1, 0.15) is 13.8 Å². The van der Waals surface area contributed by atoms with Crippen LogP contribution in [-0.4, -0.2) is 83.4 Å². The van der Waals surface area contributed by atoms with Crippen molar-refractivity contribution >= 4 is 17.5 Å². The Morgan fingerprint density at radius 3 is 2.64 bits per heavy atom. The third-order valence-electron chi connectivity index (χ3n) is 5.19. The highest BCUT2D eigenvalue weighted by Gasteiger charge is 2.36. The summed E-state index contributed by atoms with van der Waals surface area (Å²) < 4.78 is 0. The van der Waals surface area contributed by atoms with Crippen LogP contribution in [0.15, 0.2) is 24.5 Å². The molecule has 3 heterocycles. The average Bonchev–Trinajstić information content (AvgIpc) is 2.96. The van der Waals surface area contributed by atoms with E-state index in [0.717, 1.165) is 45.0 Å². The topological polar surface area (TPSA) is 68.8 Å². The monoisotopic (exact) mass is 345 g/mol. The maximum absolute atomic E-state index is 12.2. The molecular weight excluding hydrogens is 318 g/mol. The molecule has 2 saturated heterocycles. The molecule has 0 radical (unpaired) electrons. The molecule has 25 heavy (non-hydrogen) atoms. The second-order valence-corrected chi connectivity index (χ2v) is 7.07. The van der Waals surface area contributed by atoms with Gasteiger partial charge < -0.3 is 10.2 Å². The number of amides is 2. The van der Waals surface area contributed by atoms with Crippen molar-refractivity contribution < 1.29 is 9.59 Å². The van der Waals surface area contributed by atoms with Crippen molar-refractivity contribution in [3.63, 3.8) is 0 Å². The Labute approximate surface area is 149 Å². The van der Waals surface area contributed by atoms with Crippen LogP contribution in [-0.2, 0) is 9.59 Å². The van der Waals surface area contributed by atoms with Gasteiger partial charge in [-0.15, -0.1) is 0 Å². The number of pyridine rings is 1. The van der Waals surface area contributed by atoms with Crippen molar-refractivity contribution in [1.29, 1.82) is 0 Å². The quantitative estimate of drug-likeness (QED) is 0.861. The number of carbonyl (C=O) groups excluding carboxylic acids is 2. The Bertz CT molecular complexity index is 601. The molecule has 1 aromatic rings. The number of aromatic nitrogens is 1. The minimum atomic E-state index is 0.00208. The fourth-order valence-corrected chi connectivity index (χ4v) is 3.86. The molecular formula is C18H27N5O2. The van der Waals surface area contributed by atoms with Crippen LogP contribution in [0.4, 0.5) is 5.69 Å². The van der Waals surface area contributed by atoms with Crippen LogP contribution < -0.4 is 5.32 Å². The van der Waals surface area contributed by atoms with E-state index >= 15 is 0 Å². The number of nitrogens with zero attached hydrogens (tertiary/aromatic N) is 4. The van der Waals surface area contributed by atoms with E-state index in [2.05, 4.69) is 27.0 Å². The first-order valence-electron chi connectivity index (χ1n) is 8.94. The first-order chi connectivity index (χ1) is 12.0. The molecule has 2 aliphatic heterocycles. The van der Waals surface area contributed by atoms with Gasteiger partial charge in [-0.3, -0.25) is 24.4 Å². The lowest BCUT2D eigenvalue weighted by Gasteiger charge is -2.39. The van der Waals surface area contributed by atoms with Gasteiger partial charge in [-0.05, 0) is 18.1 Å². The van der Waals surface area contributed by atoms with E-state index in [1.807, 2.05) is 17.0 Å². The number of hydrogen-bond acceptors (Lipinski definition) is 5. The third kappa shape index (κ3) is 4.55. The molecule has 0 spiro atoms. The van der Waals surface area contributed by atoms with Gasteiger partial charge in [-0.25, -0.2) is 0 Å². The highest BCUT2D eigenvalue weighted by Crippen LogP contribution is 2.23. The number of piperazine rings is 1. The molecule has 3 rings (SSSR count). The Morgan fingerprint density at radius 2 is 2.00 bits per heavy atom. The molecule has 0 aromatic carbocycles. The zero-order valence-corrected chi connectivity index (χ0v) is 15.0. The number of carbonyl (C=O) groups is 2. The zero-order valence-electron chi connectivity index (χ0n) is 15.0. The van der Waals surface area contributed by atoms with E-state index in [1.165, 1.54) is 0 Å². The van der Waals surface area contributed by atoms with Gasteiger partial charge in [-0.2, -0.15) is 0 Å². The molecule has 1 N–H and O–H groups in total. The van der Waals surface area contributed by atoms with Crippen molar-refractivity contribution in [3.05, 3.63) is 24.5 Å². The Balaban J connectivity index is 1.48. The summed E-state index contributed by atoms with van der Waals surface area (Å²) in [7, 11) is 0. The molecule has 136 valence electrons. The van der Waals surface area contributed by atoms with Crippen LogP contribution in [0, 0.1) is 5.92 Å². The lowest BCUT2D eigenvalue weighted by molar-refractivity contribution is -0.131. The smallest absolute Gasteiger partial charge is 0.238 e. The summed E-state index contributed by atoms with van der Waals surface area (Å²) in [5.41, 5.74) is 0.733. The maximum atomic E-state index is 12.2. The van der Waals surface area contributed by atoms with E-state index in [9.17, 15) is 9.59 Å². The van der Waals surface area contributed by atoms with Crippen LogP contribution in [0.2, 0.25) is 0 Å². The van der Waals surface area contributed by atoms with E-state index < -0.39 is 0 Å². The van der Waals surface area contributed by atoms with Gasteiger partial charge in [0.2, 0.25) is 11.8 Å². The van der Waals surface area contributed by atoms with Crippen molar-refractivity contribution in [2.75, 3.05) is 51.1 Å². The van der Waals surface area contributed by atoms with E-state index in [1.54, 1.807) is 19.3 Å². The van der Waals surface area contributed by atoms with Gasteiger partial charge >= 0.3 is 0 Å². The van der Waals surface area contributed by atoms with Crippen molar-refractivity contribution in [1.82, 2.24) is 19.7 Å². The minimum absolute atomic E-state index is 0.00208. The fourth-order valence-electron chi connectivity index (χ4n) is 3.86. The highest BCUT2D eigenvalue weighted by atomic mass is 16.2. The molecule has 2 atom stereocenters. The molecule has 0 aliphatic carbocycles. The van der Waals surface area contributed by atoms with Crippen molar-refractivity contribution in [2.24, 2.45) is 5.92 Å². The van der Waals surface area contributed by atoms with Gasteiger partial charge in [0, 0.05) is 58.4 Å². The van der Waals surface area contributed by atoms with E-state index in [0.29, 0.717) is 18.5 Å². The van der Waals surface area contributed by atoms with Gasteiger partial charge in [0.1, 0.15) is 0 Å². The number of nitrogens with one attached hydrogen (secondary N) is 1. The minimum Gasteiger partial charge on any atom is -0.340 e. The average molecular weight is 345 g/mol. The number of rotatable bonds is 4. The Morgan fingerprint density at radius 1 is 1.24 bits per heavy atom. The Hall–Kier alpha value is -1.99. The maximum Gasteiger partial charge on any atom is 0.238 e. The van der Waals surface area contributed by atoms with Gasteiger partial charge in [0.15, 0.2) is 0 Å². The molecule has 2 amide bonds. The first kappa shape index (κ1) is 17.8. The van der Waals surface area contributed by atoms with Gasteiger partial charge in [-0.1, -0.05) is 6.92 Å². The zero-order chi connectivity index (χ0) is 17.8. The summed E-state index contributed by atoms with van der Waals surface area (Å²) in [6, 6.07) is 4.11. The highest BCUT2D eigenvalue weighted by molar-refractivity contribution is 5.92. The summed E-state index contributed by atoms with van der Waals surface area (Å²) in [6.45, 7) is 9.58. The van der Waals surface area contributed by atoms with E-state index in [-0.39, 0.29) is 11.8 Å². The van der Waals surface area contributed by atoms with Crippen LogP contribution in [0.3, 0.4) is 0 Å². The summed E-state index contributed by atoms with van der Waals surface area (Å²) in [6.07, 6.45) is 3.34. The molecule has 0 saturated carbocycles. The number of hydrogen-bond donors (Lipinski definition) is 1. The summed E-state index contributed by atoms with van der Waals surface area (Å²) >= 11 is 0. The molecule has 2 aliphatic rings. The Kier molecular flexibility index (Phi) is 5.65. The lowest BCUT2D eigenvalue weighted by Crippen LogP contribution is -2.53. The molecule has 7 nitrogen and oxygen atoms in total. The van der Waals surface area contributed by atoms with Crippen LogP contribution in [0.25, 0.3) is 0 Å². The predicted molar refractivity (Wildman–Crippen MR) is 96.1 cm³/mol. The van der Waals surface area contributed by atoms with E-state index in [4.69, 9.17) is 0 Å². The van der Waals surface area contributed by atoms with Gasteiger partial charge in [0.25, 0.3) is 0 Å². The molecule has 1 aromatic heterocycles. The largest absolute Gasteiger partial charge is 0.340 e. The SMILES string of the molecule is CC(=O)N1CCN(C2CN(CC(=O)Nc3cccnc3)CC2C)CC1. The summed E-state index contributed by atoms with van der Waals surface area (Å²) in [5, 5.41) is 2.90. The second kappa shape index (κ2) is 7.93. The predicted octanol–water partition coefficient (Wildman–Crippen LogP) is 0.505. The molecule has 2 unspecified atom stereocenters. The fraction of sp³-hybridized carbons (Fsp3) is 0.611. The van der Waals surface area contributed by atoms with Crippen molar-refractivity contribution in [3.8, 4) is 0 Å². The number of likely N-dealkylation sites (tertiary alicyclic amines) is 1. The van der Waals surface area contributed by atoms with Gasteiger partial charge in [0.05, 0.1) is 18.4 Å². The molecule has 2 fully saturated rings. The van der Waals surface area contributed by atoms with Crippen molar-refractivity contribution in [2.45, 2.75) is 19.9 Å². The molecule has 0 bridgehead atoms. The van der Waals surface area contributed by atoms with Crippen LogP contribution >= 0.6 is 0 Å². The first-order valence-corrected chi connectivity index (χ1v) is 8.94. The number of anilines is 1. The summed E-state index contributed by atoms with van der Waals surface area (Å²) in [5.74, 6) is 0.685. The third-order valence-corrected chi connectivity index (χ3v) is 5.19. The lowest BCUT2D eigenvalue weighted by atomic mass is 10.0. The standard InChI is InChI=1S/C18H27N5O2/c1-14-11-21(13-18(25)20-16-4-3-5-19-10-16)12-17(14)23-8-6-22(7-9-23)15(2)24/h3-5,10,14,17H,6-9,11-13H2,1-2H3,(H,20,25). The summed E-state index contributed by atoms with van der Waals surface area (Å²) in [4.78, 5) is 34.3. The molecule has 7 heteroatoms. The second-order valence-electron chi connectivity index (χ2n) is 7.07. The normalized spacial score (nSPS) is 25.1.